The highest BCUT2D eigenvalue weighted by Crippen LogP contribution is 2.26. The fourth-order valence-corrected chi connectivity index (χ4v) is 1.99. The molecule has 1 aromatic carbocycles. The predicted octanol–water partition coefficient (Wildman–Crippen LogP) is 3.16. The summed E-state index contributed by atoms with van der Waals surface area (Å²) in [4.78, 5) is 22.7. The van der Waals surface area contributed by atoms with Crippen molar-refractivity contribution in [1.82, 2.24) is 0 Å². The van der Waals surface area contributed by atoms with Gasteiger partial charge in [0, 0.05) is 12.0 Å². The summed E-state index contributed by atoms with van der Waals surface area (Å²) < 4.78 is 5.61. The van der Waals surface area contributed by atoms with Gasteiger partial charge < -0.3 is 9.84 Å². The highest BCUT2D eigenvalue weighted by molar-refractivity contribution is 5.94. The molecule has 0 bridgehead atoms. The van der Waals surface area contributed by atoms with E-state index in [0.29, 0.717) is 17.7 Å². The van der Waals surface area contributed by atoms with Gasteiger partial charge in [-0.3, -0.25) is 4.79 Å². The lowest BCUT2D eigenvalue weighted by atomic mass is 9.94. The van der Waals surface area contributed by atoms with E-state index in [4.69, 9.17) is 4.74 Å². The summed E-state index contributed by atoms with van der Waals surface area (Å²) in [5, 5.41) is 9.33. The Morgan fingerprint density at radius 2 is 2.00 bits per heavy atom. The van der Waals surface area contributed by atoms with E-state index >= 15 is 0 Å². The van der Waals surface area contributed by atoms with E-state index in [0.717, 1.165) is 0 Å². The van der Waals surface area contributed by atoms with Crippen LogP contribution in [-0.4, -0.2) is 22.5 Å². The molecule has 104 valence electrons. The van der Waals surface area contributed by atoms with Crippen molar-refractivity contribution in [2.24, 2.45) is 5.92 Å². The molecule has 0 saturated heterocycles. The van der Waals surface area contributed by atoms with E-state index in [1.165, 1.54) is 6.92 Å². The number of carboxylic acid groups (broad SMARTS) is 1. The maximum Gasteiger partial charge on any atom is 0.347 e. The minimum Gasteiger partial charge on any atom is -0.478 e. The van der Waals surface area contributed by atoms with Crippen molar-refractivity contribution in [1.29, 1.82) is 0 Å². The molecule has 0 amide bonds. The van der Waals surface area contributed by atoms with Gasteiger partial charge in [-0.1, -0.05) is 26.0 Å². The molecule has 0 fully saturated rings. The van der Waals surface area contributed by atoms with Crippen molar-refractivity contribution in [3.63, 3.8) is 0 Å². The van der Waals surface area contributed by atoms with Crippen LogP contribution in [0.5, 0.6) is 5.75 Å². The summed E-state index contributed by atoms with van der Waals surface area (Å²) in [5.74, 6) is -0.490. The van der Waals surface area contributed by atoms with E-state index in [1.807, 2.05) is 13.8 Å². The van der Waals surface area contributed by atoms with Crippen molar-refractivity contribution in [3.05, 3.63) is 29.8 Å². The van der Waals surface area contributed by atoms with Crippen LogP contribution >= 0.6 is 0 Å². The van der Waals surface area contributed by atoms with Crippen LogP contribution in [0.2, 0.25) is 0 Å². The molecule has 0 radical (unpaired) electrons. The van der Waals surface area contributed by atoms with Gasteiger partial charge >= 0.3 is 5.97 Å². The number of ether oxygens (including phenoxy) is 1. The van der Waals surface area contributed by atoms with E-state index in [-0.39, 0.29) is 11.7 Å². The first kappa shape index (κ1) is 15.2. The second-order valence-electron chi connectivity index (χ2n) is 5.32. The number of ketones is 1. The predicted molar refractivity (Wildman–Crippen MR) is 72.6 cm³/mol. The van der Waals surface area contributed by atoms with Gasteiger partial charge in [0.15, 0.2) is 5.78 Å². The van der Waals surface area contributed by atoms with Gasteiger partial charge in [-0.05, 0) is 31.9 Å². The second-order valence-corrected chi connectivity index (χ2v) is 5.32. The summed E-state index contributed by atoms with van der Waals surface area (Å²) in [6.07, 6.45) is 0.395. The largest absolute Gasteiger partial charge is 0.478 e. The Kier molecular flexibility index (Phi) is 4.70. The zero-order valence-electron chi connectivity index (χ0n) is 11.8. The van der Waals surface area contributed by atoms with Gasteiger partial charge in [-0.15, -0.1) is 0 Å². The number of carbonyl (C=O) groups excluding carboxylic acids is 1. The molecule has 1 rings (SSSR count). The summed E-state index contributed by atoms with van der Waals surface area (Å²) in [6.45, 7) is 6.90. The van der Waals surface area contributed by atoms with E-state index in [2.05, 4.69) is 0 Å². The van der Waals surface area contributed by atoms with Crippen LogP contribution in [0.3, 0.4) is 0 Å². The van der Waals surface area contributed by atoms with Gasteiger partial charge in [0.1, 0.15) is 5.75 Å². The maximum absolute atomic E-state index is 11.4. The minimum absolute atomic E-state index is 0.0775. The lowest BCUT2D eigenvalue weighted by Crippen LogP contribution is -2.42. The summed E-state index contributed by atoms with van der Waals surface area (Å²) in [5.41, 5.74) is -0.779. The Bertz CT molecular complexity index is 479. The third-order valence-electron chi connectivity index (χ3n) is 2.83. The highest BCUT2D eigenvalue weighted by atomic mass is 16.5. The van der Waals surface area contributed by atoms with Crippen LogP contribution < -0.4 is 4.74 Å². The molecule has 1 N–H and O–H groups in total. The molecule has 0 spiro atoms. The SMILES string of the molecule is CC(=O)c1cccc(OC(C)(CC(C)C)C(=O)O)c1. The standard InChI is InChI=1S/C15H20O4/c1-10(2)9-15(4,14(17)18)19-13-7-5-6-12(8-13)11(3)16/h5-8,10H,9H2,1-4H3,(H,17,18). The molecule has 4 nitrogen and oxygen atoms in total. The number of benzene rings is 1. The van der Waals surface area contributed by atoms with Crippen LogP contribution in [0, 0.1) is 5.92 Å². The van der Waals surface area contributed by atoms with Crippen LogP contribution in [0.1, 0.15) is 44.5 Å². The van der Waals surface area contributed by atoms with E-state index in [9.17, 15) is 14.7 Å². The number of Topliss-reactive ketones (excluding diaryl/α,β-unsaturated/α-hetero) is 1. The van der Waals surface area contributed by atoms with E-state index in [1.54, 1.807) is 31.2 Å². The van der Waals surface area contributed by atoms with Gasteiger partial charge in [-0.2, -0.15) is 0 Å². The van der Waals surface area contributed by atoms with Crippen molar-refractivity contribution in [2.75, 3.05) is 0 Å². The van der Waals surface area contributed by atoms with Gasteiger partial charge in [0.05, 0.1) is 0 Å². The molecular formula is C15H20O4. The molecule has 1 unspecified atom stereocenters. The molecule has 0 aromatic heterocycles. The maximum atomic E-state index is 11.4. The van der Waals surface area contributed by atoms with Gasteiger partial charge in [0.2, 0.25) is 5.60 Å². The monoisotopic (exact) mass is 264 g/mol. The number of aliphatic carboxylic acids is 1. The third-order valence-corrected chi connectivity index (χ3v) is 2.83. The zero-order valence-corrected chi connectivity index (χ0v) is 11.8. The number of hydrogen-bond acceptors (Lipinski definition) is 3. The number of carbonyl (C=O) groups is 2. The Hall–Kier alpha value is -1.84. The van der Waals surface area contributed by atoms with Crippen molar-refractivity contribution >= 4 is 11.8 Å². The normalized spacial score (nSPS) is 13.9. The Morgan fingerprint density at radius 3 is 2.47 bits per heavy atom. The van der Waals surface area contributed by atoms with Crippen LogP contribution in [-0.2, 0) is 4.79 Å². The third kappa shape index (κ3) is 4.09. The molecule has 1 atom stereocenters. The van der Waals surface area contributed by atoms with Crippen LogP contribution in [0.4, 0.5) is 0 Å². The molecular weight excluding hydrogens is 244 g/mol. The smallest absolute Gasteiger partial charge is 0.347 e. The first-order chi connectivity index (χ1) is 8.74. The van der Waals surface area contributed by atoms with Crippen molar-refractivity contribution in [2.45, 2.75) is 39.7 Å². The number of hydrogen-bond donors (Lipinski definition) is 1. The quantitative estimate of drug-likeness (QED) is 0.802. The summed E-state index contributed by atoms with van der Waals surface area (Å²) in [7, 11) is 0. The lowest BCUT2D eigenvalue weighted by molar-refractivity contribution is -0.155. The molecule has 0 saturated carbocycles. The molecule has 19 heavy (non-hydrogen) atoms. The Balaban J connectivity index is 3.00. The first-order valence-corrected chi connectivity index (χ1v) is 6.28. The summed E-state index contributed by atoms with van der Waals surface area (Å²) in [6, 6.07) is 6.59. The second kappa shape index (κ2) is 5.87. The molecule has 0 heterocycles. The van der Waals surface area contributed by atoms with Crippen molar-refractivity contribution in [3.8, 4) is 5.75 Å². The summed E-state index contributed by atoms with van der Waals surface area (Å²) >= 11 is 0. The fraction of sp³-hybridized carbons (Fsp3) is 0.467. The fourth-order valence-electron chi connectivity index (χ4n) is 1.99. The first-order valence-electron chi connectivity index (χ1n) is 6.28. The lowest BCUT2D eigenvalue weighted by Gasteiger charge is -2.28. The Morgan fingerprint density at radius 1 is 1.37 bits per heavy atom. The van der Waals surface area contributed by atoms with E-state index < -0.39 is 11.6 Å². The Labute approximate surface area is 113 Å². The molecule has 0 aliphatic rings. The number of carboxylic acids is 1. The molecule has 1 aromatic rings. The minimum atomic E-state index is -1.29. The average molecular weight is 264 g/mol. The van der Waals surface area contributed by atoms with Crippen molar-refractivity contribution < 1.29 is 19.4 Å². The van der Waals surface area contributed by atoms with Gasteiger partial charge in [0.25, 0.3) is 0 Å². The van der Waals surface area contributed by atoms with Crippen LogP contribution in [0.25, 0.3) is 0 Å². The van der Waals surface area contributed by atoms with Crippen LogP contribution in [0.15, 0.2) is 24.3 Å². The number of rotatable bonds is 6. The molecule has 4 heteroatoms. The van der Waals surface area contributed by atoms with Gasteiger partial charge in [-0.25, -0.2) is 4.79 Å². The molecule has 0 aliphatic carbocycles. The highest BCUT2D eigenvalue weighted by Gasteiger charge is 2.36. The zero-order chi connectivity index (χ0) is 14.6. The average Bonchev–Trinajstić information content (AvgIpc) is 2.27. The molecule has 0 aliphatic heterocycles. The topological polar surface area (TPSA) is 63.6 Å².